The van der Waals surface area contributed by atoms with Crippen LogP contribution in [0.15, 0.2) is 29.6 Å². The summed E-state index contributed by atoms with van der Waals surface area (Å²) in [6.45, 7) is 2.20. The van der Waals surface area contributed by atoms with Crippen LogP contribution in [0.4, 0.5) is 0 Å². The van der Waals surface area contributed by atoms with Crippen molar-refractivity contribution >= 4 is 23.2 Å². The van der Waals surface area contributed by atoms with Gasteiger partial charge in [0.2, 0.25) is 0 Å². The number of fused-ring (bicyclic) bond motifs is 1. The molecule has 1 aliphatic rings. The Labute approximate surface area is 145 Å². The molecule has 5 heteroatoms. The first-order valence-electron chi connectivity index (χ1n) is 8.22. The SMILES string of the molecule is Cc1ccccc1CNC(=O)COC(=O)c1csc2c1CCCC2. The number of carbonyl (C=O) groups is 2. The Bertz CT molecular complexity index is 751. The van der Waals surface area contributed by atoms with E-state index in [-0.39, 0.29) is 18.5 Å². The Balaban J connectivity index is 1.50. The van der Waals surface area contributed by atoms with E-state index in [9.17, 15) is 9.59 Å². The number of rotatable bonds is 5. The lowest BCUT2D eigenvalue weighted by atomic mass is 9.96. The predicted molar refractivity (Wildman–Crippen MR) is 94.3 cm³/mol. The van der Waals surface area contributed by atoms with E-state index >= 15 is 0 Å². The molecule has 0 spiro atoms. The molecule has 0 fully saturated rings. The normalized spacial score (nSPS) is 13.2. The molecule has 1 N–H and O–H groups in total. The highest BCUT2D eigenvalue weighted by atomic mass is 32.1. The van der Waals surface area contributed by atoms with Gasteiger partial charge in [0.05, 0.1) is 5.56 Å². The number of esters is 1. The van der Waals surface area contributed by atoms with Crippen molar-refractivity contribution in [1.82, 2.24) is 5.32 Å². The molecule has 1 aromatic carbocycles. The minimum absolute atomic E-state index is 0.241. The van der Waals surface area contributed by atoms with Gasteiger partial charge in [-0.3, -0.25) is 4.79 Å². The van der Waals surface area contributed by atoms with Gasteiger partial charge in [-0.1, -0.05) is 24.3 Å². The average molecular weight is 343 g/mol. The number of hydrogen-bond donors (Lipinski definition) is 1. The third-order valence-electron chi connectivity index (χ3n) is 4.35. The zero-order valence-corrected chi connectivity index (χ0v) is 14.6. The van der Waals surface area contributed by atoms with Crippen LogP contribution in [0, 0.1) is 6.92 Å². The molecule has 1 aliphatic carbocycles. The maximum Gasteiger partial charge on any atom is 0.339 e. The van der Waals surface area contributed by atoms with Gasteiger partial charge >= 0.3 is 5.97 Å². The molecule has 0 aliphatic heterocycles. The predicted octanol–water partition coefficient (Wildman–Crippen LogP) is 3.41. The molecule has 1 amide bonds. The number of carbonyl (C=O) groups excluding carboxylic acids is 2. The Morgan fingerprint density at radius 1 is 1.21 bits per heavy atom. The quantitative estimate of drug-likeness (QED) is 0.847. The molecule has 24 heavy (non-hydrogen) atoms. The van der Waals surface area contributed by atoms with Crippen molar-refractivity contribution in [3.05, 3.63) is 56.8 Å². The zero-order chi connectivity index (χ0) is 16.9. The molecule has 1 heterocycles. The first-order chi connectivity index (χ1) is 11.6. The fraction of sp³-hybridized carbons (Fsp3) is 0.368. The number of benzene rings is 1. The van der Waals surface area contributed by atoms with Crippen LogP contribution in [-0.4, -0.2) is 18.5 Å². The fourth-order valence-corrected chi connectivity index (χ4v) is 4.04. The first kappa shape index (κ1) is 16.7. The van der Waals surface area contributed by atoms with E-state index in [4.69, 9.17) is 4.74 Å². The second-order valence-electron chi connectivity index (χ2n) is 6.04. The minimum atomic E-state index is -0.388. The van der Waals surface area contributed by atoms with Crippen molar-refractivity contribution in [1.29, 1.82) is 0 Å². The van der Waals surface area contributed by atoms with Crippen LogP contribution in [0.1, 0.15) is 44.8 Å². The smallest absolute Gasteiger partial charge is 0.339 e. The molecule has 0 saturated carbocycles. The van der Waals surface area contributed by atoms with Gasteiger partial charge in [0.1, 0.15) is 0 Å². The summed E-state index contributed by atoms with van der Waals surface area (Å²) in [5.74, 6) is -0.670. The lowest BCUT2D eigenvalue weighted by molar-refractivity contribution is -0.124. The van der Waals surface area contributed by atoms with E-state index in [0.717, 1.165) is 36.0 Å². The topological polar surface area (TPSA) is 55.4 Å². The van der Waals surface area contributed by atoms with Gasteiger partial charge in [0.25, 0.3) is 5.91 Å². The number of nitrogens with one attached hydrogen (secondary N) is 1. The molecular formula is C19H21NO3S. The maximum absolute atomic E-state index is 12.2. The second kappa shape index (κ2) is 7.62. The highest BCUT2D eigenvalue weighted by Crippen LogP contribution is 2.30. The molecule has 1 aromatic heterocycles. The maximum atomic E-state index is 12.2. The molecule has 0 saturated heterocycles. The highest BCUT2D eigenvalue weighted by molar-refractivity contribution is 7.10. The van der Waals surface area contributed by atoms with E-state index in [1.54, 1.807) is 11.3 Å². The van der Waals surface area contributed by atoms with Crippen LogP contribution in [0.2, 0.25) is 0 Å². The van der Waals surface area contributed by atoms with Gasteiger partial charge in [-0.15, -0.1) is 11.3 Å². The summed E-state index contributed by atoms with van der Waals surface area (Å²) in [6.07, 6.45) is 4.27. The third kappa shape index (κ3) is 3.85. The Kier molecular flexibility index (Phi) is 5.30. The summed E-state index contributed by atoms with van der Waals surface area (Å²) in [7, 11) is 0. The lowest BCUT2D eigenvalue weighted by Gasteiger charge is -2.12. The Morgan fingerprint density at radius 3 is 2.83 bits per heavy atom. The number of aryl methyl sites for hydroxylation is 2. The van der Waals surface area contributed by atoms with Crippen molar-refractivity contribution in [3.8, 4) is 0 Å². The van der Waals surface area contributed by atoms with Gasteiger partial charge in [-0.2, -0.15) is 0 Å². The van der Waals surface area contributed by atoms with Crippen LogP contribution in [0.25, 0.3) is 0 Å². The molecule has 0 radical (unpaired) electrons. The van der Waals surface area contributed by atoms with Gasteiger partial charge in [-0.25, -0.2) is 4.79 Å². The molecule has 2 aromatic rings. The third-order valence-corrected chi connectivity index (χ3v) is 5.44. The van der Waals surface area contributed by atoms with Crippen molar-refractivity contribution in [2.75, 3.05) is 6.61 Å². The lowest BCUT2D eigenvalue weighted by Crippen LogP contribution is -2.28. The summed E-state index contributed by atoms with van der Waals surface area (Å²) in [5, 5.41) is 4.65. The van der Waals surface area contributed by atoms with E-state index in [1.165, 1.54) is 11.3 Å². The largest absolute Gasteiger partial charge is 0.452 e. The highest BCUT2D eigenvalue weighted by Gasteiger charge is 2.21. The summed E-state index contributed by atoms with van der Waals surface area (Å²) >= 11 is 1.62. The van der Waals surface area contributed by atoms with Crippen molar-refractivity contribution in [3.63, 3.8) is 0 Å². The Morgan fingerprint density at radius 2 is 2.00 bits per heavy atom. The van der Waals surface area contributed by atoms with Crippen molar-refractivity contribution < 1.29 is 14.3 Å². The van der Waals surface area contributed by atoms with Crippen LogP contribution >= 0.6 is 11.3 Å². The van der Waals surface area contributed by atoms with Gasteiger partial charge in [0.15, 0.2) is 6.61 Å². The Hall–Kier alpha value is -2.14. The summed E-state index contributed by atoms with van der Waals surface area (Å²) in [6, 6.07) is 7.87. The number of ether oxygens (including phenoxy) is 1. The van der Waals surface area contributed by atoms with Crippen LogP contribution < -0.4 is 5.32 Å². The number of hydrogen-bond acceptors (Lipinski definition) is 4. The summed E-state index contributed by atoms with van der Waals surface area (Å²) < 4.78 is 5.19. The van der Waals surface area contributed by atoms with Crippen molar-refractivity contribution in [2.45, 2.75) is 39.2 Å². The monoisotopic (exact) mass is 343 g/mol. The van der Waals surface area contributed by atoms with E-state index in [1.807, 2.05) is 36.6 Å². The molecular weight excluding hydrogens is 322 g/mol. The average Bonchev–Trinajstić information content (AvgIpc) is 3.03. The fourth-order valence-electron chi connectivity index (χ4n) is 2.93. The molecule has 0 unspecified atom stereocenters. The summed E-state index contributed by atoms with van der Waals surface area (Å²) in [4.78, 5) is 25.4. The molecule has 126 valence electrons. The van der Waals surface area contributed by atoms with Crippen LogP contribution in [0.3, 0.4) is 0 Å². The van der Waals surface area contributed by atoms with E-state index in [0.29, 0.717) is 12.1 Å². The van der Waals surface area contributed by atoms with Gasteiger partial charge < -0.3 is 10.1 Å². The molecule has 0 bridgehead atoms. The molecule has 4 nitrogen and oxygen atoms in total. The second-order valence-corrected chi connectivity index (χ2v) is 7.00. The number of amides is 1. The van der Waals surface area contributed by atoms with Crippen LogP contribution in [0.5, 0.6) is 0 Å². The zero-order valence-electron chi connectivity index (χ0n) is 13.8. The molecule has 0 atom stereocenters. The standard InChI is InChI=1S/C19H21NO3S/c1-13-6-2-3-7-14(13)10-20-18(21)11-23-19(22)16-12-24-17-9-5-4-8-15(16)17/h2-3,6-7,12H,4-5,8-11H2,1H3,(H,20,21). The van der Waals surface area contributed by atoms with E-state index < -0.39 is 0 Å². The first-order valence-corrected chi connectivity index (χ1v) is 9.10. The van der Waals surface area contributed by atoms with Gasteiger partial charge in [-0.05, 0) is 49.3 Å². The van der Waals surface area contributed by atoms with Gasteiger partial charge in [0, 0.05) is 16.8 Å². The summed E-state index contributed by atoms with van der Waals surface area (Å²) in [5.41, 5.74) is 3.95. The van der Waals surface area contributed by atoms with Crippen LogP contribution in [-0.2, 0) is 28.9 Å². The van der Waals surface area contributed by atoms with Crippen molar-refractivity contribution in [2.24, 2.45) is 0 Å². The van der Waals surface area contributed by atoms with E-state index in [2.05, 4.69) is 5.32 Å². The minimum Gasteiger partial charge on any atom is -0.452 e. The molecule has 3 rings (SSSR count). The number of thiophene rings is 1.